The Bertz CT molecular complexity index is 1430. The predicted molar refractivity (Wildman–Crippen MR) is 144 cm³/mol. The van der Waals surface area contributed by atoms with E-state index in [1.165, 1.54) is 19.5 Å². The number of morpholine rings is 1. The number of ether oxygens (including phenoxy) is 3. The summed E-state index contributed by atoms with van der Waals surface area (Å²) in [7, 11) is 1.53. The number of amides is 1. The van der Waals surface area contributed by atoms with Crippen molar-refractivity contribution in [2.45, 2.75) is 45.1 Å². The molecule has 13 heteroatoms. The molecule has 3 aromatic rings. The third-order valence-electron chi connectivity index (χ3n) is 6.62. The maximum Gasteiger partial charge on any atom is 0.283 e. The van der Waals surface area contributed by atoms with Gasteiger partial charge in [-0.1, -0.05) is 0 Å². The van der Waals surface area contributed by atoms with Crippen LogP contribution in [0.2, 0.25) is 0 Å². The summed E-state index contributed by atoms with van der Waals surface area (Å²) in [5, 5.41) is 15.3. The standard InChI is InChI=1S/C26H34N8O5/c1-15-11-33(12-16(2)39-15)13-26(3,36)14-38-19-6-5-18-20(21(19)37-4)31-25(34-8-7-28-22(18)34)32-23(35)17-9-29-24(27)30-10-17/h5-6,9-10,15-16,28,36H,7-8,11-14H2,1-4H3,(H2,27,29,30)/t15-,16?,26?/m1/s1. The monoisotopic (exact) mass is 538 g/mol. The van der Waals surface area contributed by atoms with Crippen LogP contribution < -0.4 is 26.1 Å². The lowest BCUT2D eigenvalue weighted by molar-refractivity contribution is -0.0952. The summed E-state index contributed by atoms with van der Waals surface area (Å²) in [5.74, 6) is 1.10. The smallest absolute Gasteiger partial charge is 0.283 e. The first kappa shape index (κ1) is 26.8. The lowest BCUT2D eigenvalue weighted by Gasteiger charge is -2.38. The van der Waals surface area contributed by atoms with Gasteiger partial charge in [0.05, 0.1) is 24.9 Å². The number of aliphatic hydroxyl groups is 1. The molecule has 0 saturated carbocycles. The van der Waals surface area contributed by atoms with Gasteiger partial charge in [0.25, 0.3) is 5.91 Å². The Morgan fingerprint density at radius 1 is 1.28 bits per heavy atom. The van der Waals surface area contributed by atoms with E-state index >= 15 is 0 Å². The van der Waals surface area contributed by atoms with Gasteiger partial charge in [-0.3, -0.25) is 14.3 Å². The van der Waals surface area contributed by atoms with Crippen molar-refractivity contribution in [3.63, 3.8) is 0 Å². The van der Waals surface area contributed by atoms with Crippen LogP contribution in [0.1, 0.15) is 31.1 Å². The Kier molecular flexibility index (Phi) is 7.38. The van der Waals surface area contributed by atoms with Crippen molar-refractivity contribution in [3.05, 3.63) is 35.7 Å². The lowest BCUT2D eigenvalue weighted by atomic mass is 10.1. The fourth-order valence-electron chi connectivity index (χ4n) is 5.12. The molecule has 4 heterocycles. The van der Waals surface area contributed by atoms with Crippen molar-refractivity contribution in [3.8, 4) is 11.5 Å². The molecule has 2 aliphatic heterocycles. The number of carbonyl (C=O) groups is 1. The first-order valence-corrected chi connectivity index (χ1v) is 12.9. The number of anilines is 2. The third-order valence-corrected chi connectivity index (χ3v) is 6.62. The second-order valence-electron chi connectivity index (χ2n) is 10.3. The molecule has 1 amide bonds. The van der Waals surface area contributed by atoms with Crippen molar-refractivity contribution < 1.29 is 24.1 Å². The molecule has 2 unspecified atom stereocenters. The van der Waals surface area contributed by atoms with Crippen molar-refractivity contribution in [2.75, 3.05) is 50.9 Å². The fourth-order valence-corrected chi connectivity index (χ4v) is 5.12. The maximum absolute atomic E-state index is 12.8. The summed E-state index contributed by atoms with van der Waals surface area (Å²) in [5.41, 5.74) is 5.30. The lowest BCUT2D eigenvalue weighted by Crippen LogP contribution is -2.52. The van der Waals surface area contributed by atoms with Crippen LogP contribution >= 0.6 is 0 Å². The summed E-state index contributed by atoms with van der Waals surface area (Å²) >= 11 is 0. The van der Waals surface area contributed by atoms with Gasteiger partial charge in [0, 0.05) is 50.5 Å². The van der Waals surface area contributed by atoms with Gasteiger partial charge in [-0.05, 0) is 32.9 Å². The van der Waals surface area contributed by atoms with Gasteiger partial charge in [-0.15, -0.1) is 0 Å². The molecule has 13 nitrogen and oxygen atoms in total. The molecule has 0 bridgehead atoms. The van der Waals surface area contributed by atoms with E-state index in [1.54, 1.807) is 13.0 Å². The van der Waals surface area contributed by atoms with Gasteiger partial charge in [0.2, 0.25) is 11.6 Å². The SMILES string of the molecule is COc1c(OCC(C)(O)CN2CC(C)O[C@H](C)C2)ccc2c3n(c(=NC(=O)c4cnc(N)nc4)nc12)CCN3. The van der Waals surface area contributed by atoms with Crippen LogP contribution in [0.3, 0.4) is 0 Å². The van der Waals surface area contributed by atoms with Gasteiger partial charge in [-0.25, -0.2) is 15.0 Å². The van der Waals surface area contributed by atoms with E-state index in [-0.39, 0.29) is 35.9 Å². The Hall–Kier alpha value is -3.81. The number of benzene rings is 1. The van der Waals surface area contributed by atoms with Crippen LogP contribution in [-0.2, 0) is 11.3 Å². The van der Waals surface area contributed by atoms with E-state index in [2.05, 4.69) is 25.2 Å². The Balaban J connectivity index is 1.45. The summed E-state index contributed by atoms with van der Waals surface area (Å²) < 4.78 is 19.5. The number of methoxy groups -OCH3 is 1. The highest BCUT2D eigenvalue weighted by molar-refractivity contribution is 5.96. The maximum atomic E-state index is 12.8. The van der Waals surface area contributed by atoms with Crippen molar-refractivity contribution in [2.24, 2.45) is 4.99 Å². The molecule has 39 heavy (non-hydrogen) atoms. The Morgan fingerprint density at radius 3 is 2.69 bits per heavy atom. The second-order valence-corrected chi connectivity index (χ2v) is 10.3. The molecule has 4 N–H and O–H groups in total. The minimum absolute atomic E-state index is 0.0415. The van der Waals surface area contributed by atoms with Gasteiger partial charge >= 0.3 is 0 Å². The number of fused-ring (bicyclic) bond motifs is 3. The molecular formula is C26H34N8O5. The molecule has 2 aromatic heterocycles. The van der Waals surface area contributed by atoms with Gasteiger partial charge < -0.3 is 30.4 Å². The van der Waals surface area contributed by atoms with Crippen LogP contribution in [0.5, 0.6) is 11.5 Å². The minimum atomic E-state index is -1.12. The zero-order chi connectivity index (χ0) is 27.7. The quantitative estimate of drug-likeness (QED) is 0.390. The Labute approximate surface area is 225 Å². The molecule has 208 valence electrons. The number of nitrogen functional groups attached to an aromatic ring is 1. The number of hydrogen-bond acceptors (Lipinski definition) is 11. The van der Waals surface area contributed by atoms with Crippen molar-refractivity contribution in [1.82, 2.24) is 24.4 Å². The topological polar surface area (TPSA) is 162 Å². The predicted octanol–water partition coefficient (Wildman–Crippen LogP) is 0.823. The van der Waals surface area contributed by atoms with Gasteiger partial charge in [0.15, 0.2) is 11.5 Å². The normalized spacial score (nSPS) is 21.3. The van der Waals surface area contributed by atoms with Crippen LogP contribution in [-0.4, -0.2) is 93.1 Å². The first-order chi connectivity index (χ1) is 18.6. The highest BCUT2D eigenvalue weighted by Crippen LogP contribution is 2.37. The summed E-state index contributed by atoms with van der Waals surface area (Å²) in [4.78, 5) is 31.7. The van der Waals surface area contributed by atoms with Crippen LogP contribution in [0, 0.1) is 0 Å². The molecule has 1 saturated heterocycles. The highest BCUT2D eigenvalue weighted by Gasteiger charge is 2.31. The molecule has 1 aromatic carbocycles. The van der Waals surface area contributed by atoms with Crippen LogP contribution in [0.15, 0.2) is 29.5 Å². The summed E-state index contributed by atoms with van der Waals surface area (Å²) in [6.07, 6.45) is 2.86. The number of rotatable bonds is 7. The number of β-amino-alcohol motifs (C(OH)–C–C–N with tert-alkyl or cyclic N) is 1. The number of carbonyl (C=O) groups excluding carboxylic acids is 1. The first-order valence-electron chi connectivity index (χ1n) is 12.9. The second kappa shape index (κ2) is 10.8. The number of nitrogens with two attached hydrogens (primary N) is 1. The van der Waals surface area contributed by atoms with Gasteiger partial charge in [0.1, 0.15) is 23.5 Å². The summed E-state index contributed by atoms with van der Waals surface area (Å²) in [6, 6.07) is 3.68. The van der Waals surface area contributed by atoms with E-state index in [1.807, 2.05) is 24.5 Å². The molecule has 5 rings (SSSR count). The van der Waals surface area contributed by atoms with E-state index in [9.17, 15) is 9.90 Å². The van der Waals surface area contributed by atoms with Crippen molar-refractivity contribution >= 4 is 28.6 Å². The van der Waals surface area contributed by atoms with Crippen LogP contribution in [0.4, 0.5) is 11.8 Å². The minimum Gasteiger partial charge on any atom is -0.491 e. The fraction of sp³-hybridized carbons (Fsp3) is 0.500. The molecule has 0 spiro atoms. The van der Waals surface area contributed by atoms with Gasteiger partial charge in [-0.2, -0.15) is 4.99 Å². The average Bonchev–Trinajstić information content (AvgIpc) is 3.37. The zero-order valence-electron chi connectivity index (χ0n) is 22.5. The molecule has 2 aliphatic rings. The average molecular weight is 539 g/mol. The summed E-state index contributed by atoms with van der Waals surface area (Å²) in [6.45, 7) is 9.02. The van der Waals surface area contributed by atoms with E-state index in [0.29, 0.717) is 36.6 Å². The number of nitrogens with zero attached hydrogens (tertiary/aromatic N) is 6. The van der Waals surface area contributed by atoms with E-state index in [4.69, 9.17) is 24.9 Å². The third kappa shape index (κ3) is 5.79. The molecular weight excluding hydrogens is 504 g/mol. The number of nitrogens with one attached hydrogen (secondary N) is 1. The van der Waals surface area contributed by atoms with E-state index < -0.39 is 11.5 Å². The number of aromatic nitrogens is 4. The van der Waals surface area contributed by atoms with E-state index in [0.717, 1.165) is 24.3 Å². The molecule has 0 radical (unpaired) electrons. The van der Waals surface area contributed by atoms with Crippen molar-refractivity contribution in [1.29, 1.82) is 0 Å². The molecule has 0 aliphatic carbocycles. The number of hydrogen-bond donors (Lipinski definition) is 3. The molecule has 1 fully saturated rings. The van der Waals surface area contributed by atoms with Crippen LogP contribution in [0.25, 0.3) is 10.9 Å². The zero-order valence-corrected chi connectivity index (χ0v) is 22.5. The largest absolute Gasteiger partial charge is 0.491 e. The highest BCUT2D eigenvalue weighted by atomic mass is 16.5. The molecule has 3 atom stereocenters. The Morgan fingerprint density at radius 2 is 2.00 bits per heavy atom.